The Balaban J connectivity index is 1.81. The molecule has 0 atom stereocenters. The minimum atomic E-state index is -3.79. The van der Waals surface area contributed by atoms with Crippen LogP contribution in [0.1, 0.15) is 28.8 Å². The molecule has 0 saturated heterocycles. The molecule has 1 amide bonds. The zero-order valence-corrected chi connectivity index (χ0v) is 19.1. The Bertz CT molecular complexity index is 1230. The summed E-state index contributed by atoms with van der Waals surface area (Å²) in [5.74, 6) is 0.00167. The number of ether oxygens (including phenoxy) is 1. The van der Waals surface area contributed by atoms with E-state index in [1.165, 1.54) is 13.2 Å². The summed E-state index contributed by atoms with van der Waals surface area (Å²) in [6.07, 6.45) is -0.177. The van der Waals surface area contributed by atoms with Crippen LogP contribution in [0.5, 0.6) is 5.75 Å². The SMILES string of the molecule is COc1ccc(-c2onc(C)c2C)cc1S(=O)(=O)CCC(=O)Nc1ccc(C)cc1C. The summed E-state index contributed by atoms with van der Waals surface area (Å²) in [6, 6.07) is 10.5. The van der Waals surface area contributed by atoms with E-state index in [2.05, 4.69) is 10.5 Å². The van der Waals surface area contributed by atoms with Crippen LogP contribution in [0.2, 0.25) is 0 Å². The number of anilines is 1. The Hall–Kier alpha value is -3.13. The third-order valence-electron chi connectivity index (χ3n) is 5.17. The maximum Gasteiger partial charge on any atom is 0.225 e. The normalized spacial score (nSPS) is 11.4. The fourth-order valence-corrected chi connectivity index (χ4v) is 4.69. The van der Waals surface area contributed by atoms with Gasteiger partial charge in [0.05, 0.1) is 18.6 Å². The van der Waals surface area contributed by atoms with Crippen LogP contribution in [0, 0.1) is 27.7 Å². The van der Waals surface area contributed by atoms with Crippen molar-refractivity contribution in [1.82, 2.24) is 5.16 Å². The summed E-state index contributed by atoms with van der Waals surface area (Å²) in [5, 5.41) is 6.71. The van der Waals surface area contributed by atoms with E-state index in [0.717, 1.165) is 22.4 Å². The molecule has 1 aromatic heterocycles. The van der Waals surface area contributed by atoms with Gasteiger partial charge in [0.1, 0.15) is 10.6 Å². The van der Waals surface area contributed by atoms with Crippen molar-refractivity contribution >= 4 is 21.4 Å². The molecule has 2 aromatic carbocycles. The van der Waals surface area contributed by atoms with E-state index < -0.39 is 9.84 Å². The Morgan fingerprint density at radius 3 is 2.45 bits per heavy atom. The van der Waals surface area contributed by atoms with Gasteiger partial charge in [0.25, 0.3) is 0 Å². The van der Waals surface area contributed by atoms with E-state index in [-0.39, 0.29) is 28.7 Å². The average Bonchev–Trinajstić information content (AvgIpc) is 3.06. The predicted molar refractivity (Wildman–Crippen MR) is 119 cm³/mol. The van der Waals surface area contributed by atoms with Gasteiger partial charge in [-0.15, -0.1) is 0 Å². The average molecular weight is 443 g/mol. The van der Waals surface area contributed by atoms with Crippen molar-refractivity contribution in [3.63, 3.8) is 0 Å². The van der Waals surface area contributed by atoms with Gasteiger partial charge in [-0.2, -0.15) is 0 Å². The minimum Gasteiger partial charge on any atom is -0.495 e. The van der Waals surface area contributed by atoms with E-state index in [0.29, 0.717) is 17.0 Å². The molecular weight excluding hydrogens is 416 g/mol. The second kappa shape index (κ2) is 8.93. The monoisotopic (exact) mass is 442 g/mol. The van der Waals surface area contributed by atoms with Gasteiger partial charge in [-0.25, -0.2) is 8.42 Å². The maximum absolute atomic E-state index is 13.0. The molecule has 0 bridgehead atoms. The number of nitrogens with zero attached hydrogens (tertiary/aromatic N) is 1. The first-order chi connectivity index (χ1) is 14.6. The fourth-order valence-electron chi connectivity index (χ4n) is 3.25. The molecule has 0 radical (unpaired) electrons. The van der Waals surface area contributed by atoms with E-state index in [9.17, 15) is 13.2 Å². The van der Waals surface area contributed by atoms with Crippen LogP contribution in [0.4, 0.5) is 5.69 Å². The van der Waals surface area contributed by atoms with Crippen LogP contribution >= 0.6 is 0 Å². The number of hydrogen-bond donors (Lipinski definition) is 1. The zero-order chi connectivity index (χ0) is 22.8. The first kappa shape index (κ1) is 22.6. The number of benzene rings is 2. The quantitative estimate of drug-likeness (QED) is 0.583. The van der Waals surface area contributed by atoms with E-state index in [1.54, 1.807) is 12.1 Å². The molecule has 31 heavy (non-hydrogen) atoms. The maximum atomic E-state index is 13.0. The smallest absolute Gasteiger partial charge is 0.225 e. The van der Waals surface area contributed by atoms with Gasteiger partial charge in [0.2, 0.25) is 5.91 Å². The van der Waals surface area contributed by atoms with Crippen molar-refractivity contribution in [3.05, 3.63) is 58.8 Å². The molecule has 0 spiro atoms. The largest absolute Gasteiger partial charge is 0.495 e. The third-order valence-corrected chi connectivity index (χ3v) is 6.90. The molecule has 0 fully saturated rings. The molecule has 0 aliphatic rings. The number of nitrogens with one attached hydrogen (secondary N) is 1. The number of rotatable bonds is 7. The molecule has 0 aliphatic heterocycles. The van der Waals surface area contributed by atoms with Gasteiger partial charge in [-0.1, -0.05) is 22.9 Å². The van der Waals surface area contributed by atoms with Crippen LogP contribution in [-0.2, 0) is 14.6 Å². The number of methoxy groups -OCH3 is 1. The second-order valence-corrected chi connectivity index (χ2v) is 9.60. The van der Waals surface area contributed by atoms with Gasteiger partial charge in [-0.05, 0) is 57.5 Å². The van der Waals surface area contributed by atoms with Crippen molar-refractivity contribution in [2.24, 2.45) is 0 Å². The fraction of sp³-hybridized carbons (Fsp3) is 0.304. The highest BCUT2D eigenvalue weighted by atomic mass is 32.2. The molecule has 8 heteroatoms. The Kier molecular flexibility index (Phi) is 6.50. The summed E-state index contributed by atoms with van der Waals surface area (Å²) in [4.78, 5) is 12.4. The van der Waals surface area contributed by atoms with Crippen molar-refractivity contribution in [2.75, 3.05) is 18.2 Å². The number of amides is 1. The van der Waals surface area contributed by atoms with Crippen LogP contribution in [-0.4, -0.2) is 32.3 Å². The van der Waals surface area contributed by atoms with Crippen molar-refractivity contribution in [3.8, 4) is 17.1 Å². The highest BCUT2D eigenvalue weighted by Gasteiger charge is 2.23. The standard InChI is InChI=1S/C23H26N2O5S/c1-14-6-8-19(15(2)12-14)24-22(26)10-11-31(27,28)21-13-18(7-9-20(21)29-5)23-16(3)17(4)25-30-23/h6-9,12-13H,10-11H2,1-5H3,(H,24,26). The lowest BCUT2D eigenvalue weighted by Gasteiger charge is -2.12. The lowest BCUT2D eigenvalue weighted by Crippen LogP contribution is -2.18. The summed E-state index contributed by atoms with van der Waals surface area (Å²) >= 11 is 0. The Morgan fingerprint density at radius 1 is 1.10 bits per heavy atom. The van der Waals surface area contributed by atoms with E-state index in [1.807, 2.05) is 45.9 Å². The van der Waals surface area contributed by atoms with Crippen molar-refractivity contribution in [2.45, 2.75) is 39.0 Å². The molecule has 0 unspecified atom stereocenters. The Labute approximate surface area is 182 Å². The Morgan fingerprint density at radius 2 is 1.84 bits per heavy atom. The first-order valence-electron chi connectivity index (χ1n) is 9.83. The number of carbonyl (C=O) groups excluding carboxylic acids is 1. The summed E-state index contributed by atoms with van der Waals surface area (Å²) in [6.45, 7) is 7.53. The number of hydrogen-bond acceptors (Lipinski definition) is 6. The predicted octanol–water partition coefficient (Wildman–Crippen LogP) is 4.39. The molecule has 1 N–H and O–H groups in total. The lowest BCUT2D eigenvalue weighted by atomic mass is 10.1. The molecule has 3 rings (SSSR count). The third kappa shape index (κ3) is 4.96. The van der Waals surface area contributed by atoms with Crippen molar-refractivity contribution < 1.29 is 22.5 Å². The lowest BCUT2D eigenvalue weighted by molar-refractivity contribution is -0.115. The van der Waals surface area contributed by atoms with Crippen LogP contribution in [0.25, 0.3) is 11.3 Å². The summed E-state index contributed by atoms with van der Waals surface area (Å²) in [7, 11) is -2.38. The molecule has 164 valence electrons. The van der Waals surface area contributed by atoms with Gasteiger partial charge < -0.3 is 14.6 Å². The number of aryl methyl sites for hydroxylation is 3. The summed E-state index contributed by atoms with van der Waals surface area (Å²) < 4.78 is 36.7. The zero-order valence-electron chi connectivity index (χ0n) is 18.3. The second-order valence-electron chi connectivity index (χ2n) is 7.52. The highest BCUT2D eigenvalue weighted by Crippen LogP contribution is 2.33. The van der Waals surface area contributed by atoms with E-state index >= 15 is 0 Å². The van der Waals surface area contributed by atoms with Gasteiger partial charge in [0, 0.05) is 23.2 Å². The van der Waals surface area contributed by atoms with Gasteiger partial charge in [0.15, 0.2) is 15.6 Å². The molecule has 7 nitrogen and oxygen atoms in total. The minimum absolute atomic E-state index is 0.0141. The summed E-state index contributed by atoms with van der Waals surface area (Å²) in [5.41, 5.74) is 4.83. The molecule has 3 aromatic rings. The van der Waals surface area contributed by atoms with Gasteiger partial charge >= 0.3 is 0 Å². The number of sulfone groups is 1. The van der Waals surface area contributed by atoms with Crippen molar-refractivity contribution in [1.29, 1.82) is 0 Å². The van der Waals surface area contributed by atoms with E-state index in [4.69, 9.17) is 9.26 Å². The highest BCUT2D eigenvalue weighted by molar-refractivity contribution is 7.91. The van der Waals surface area contributed by atoms with Crippen LogP contribution < -0.4 is 10.1 Å². The van der Waals surface area contributed by atoms with Crippen LogP contribution in [0.15, 0.2) is 45.8 Å². The van der Waals surface area contributed by atoms with Gasteiger partial charge in [-0.3, -0.25) is 4.79 Å². The molecule has 0 saturated carbocycles. The molecule has 1 heterocycles. The topological polar surface area (TPSA) is 98.5 Å². The van der Waals surface area contributed by atoms with Crippen LogP contribution in [0.3, 0.4) is 0 Å². The number of aromatic nitrogens is 1. The molecule has 0 aliphatic carbocycles. The first-order valence-corrected chi connectivity index (χ1v) is 11.5. The number of carbonyl (C=O) groups is 1. The molecular formula is C23H26N2O5S.